The molecule has 0 unspecified atom stereocenters. The highest BCUT2D eigenvalue weighted by Gasteiger charge is 2.24. The molecule has 248 valence electrons. The van der Waals surface area contributed by atoms with Crippen molar-refractivity contribution in [2.45, 2.75) is 77.7 Å². The molecule has 0 bridgehead atoms. The first kappa shape index (κ1) is 39.2. The number of primary amides is 1. The number of nitrogens with one attached hydrogen (secondary N) is 1. The Hall–Kier alpha value is -1.80. The monoisotopic (exact) mass is 676 g/mol. The summed E-state index contributed by atoms with van der Waals surface area (Å²) in [7, 11) is 0. The van der Waals surface area contributed by atoms with Gasteiger partial charge >= 0.3 is 6.09 Å². The van der Waals surface area contributed by atoms with Crippen LogP contribution in [-0.4, -0.2) is 101 Å². The number of aryl methyl sites for hydroxylation is 1. The van der Waals surface area contributed by atoms with Gasteiger partial charge in [-0.3, -0.25) is 4.79 Å². The van der Waals surface area contributed by atoms with Crippen molar-refractivity contribution in [2.75, 3.05) is 71.4 Å². The zero-order valence-electron chi connectivity index (χ0n) is 26.4. The molecule has 11 nitrogen and oxygen atoms in total. The average Bonchev–Trinajstić information content (AvgIpc) is 2.95. The van der Waals surface area contributed by atoms with Gasteiger partial charge in [-0.2, -0.15) is 0 Å². The lowest BCUT2D eigenvalue weighted by Crippen LogP contribution is -2.45. The van der Waals surface area contributed by atoms with E-state index in [1.54, 1.807) is 20.8 Å². The van der Waals surface area contributed by atoms with E-state index < -0.39 is 23.6 Å². The van der Waals surface area contributed by atoms with Crippen molar-refractivity contribution in [2.24, 2.45) is 5.73 Å². The lowest BCUT2D eigenvalue weighted by molar-refractivity contribution is -0.118. The van der Waals surface area contributed by atoms with Crippen molar-refractivity contribution in [3.05, 3.63) is 35.4 Å². The first-order chi connectivity index (χ1) is 20.6. The number of hydrogen-bond donors (Lipinski definition) is 2. The largest absolute Gasteiger partial charge is 0.444 e. The molecule has 0 aliphatic carbocycles. The minimum absolute atomic E-state index is 0.139. The van der Waals surface area contributed by atoms with Gasteiger partial charge in [0.1, 0.15) is 5.60 Å². The minimum Gasteiger partial charge on any atom is -0.444 e. The maximum Gasteiger partial charge on any atom is 0.407 e. The van der Waals surface area contributed by atoms with Gasteiger partial charge in [0, 0.05) is 18.4 Å². The summed E-state index contributed by atoms with van der Waals surface area (Å²) in [6, 6.07) is 7.82. The number of nitrogens with two attached hydrogens (primary N) is 1. The number of ether oxygens (including phenoxy) is 7. The number of benzene rings is 1. The average molecular weight is 678 g/mol. The van der Waals surface area contributed by atoms with Crippen molar-refractivity contribution < 1.29 is 42.7 Å². The van der Waals surface area contributed by atoms with E-state index in [9.17, 15) is 9.59 Å². The summed E-state index contributed by atoms with van der Waals surface area (Å²) >= 11 is 3.30. The number of rotatable bonds is 26. The second-order valence-corrected chi connectivity index (χ2v) is 11.7. The maximum atomic E-state index is 12.3. The summed E-state index contributed by atoms with van der Waals surface area (Å²) < 4.78 is 38.7. The third-order valence-corrected chi connectivity index (χ3v) is 6.29. The standard InChI is InChI=1S/C31H53BrN2O9/c1-25(28(11-12-29(33)35)34-30(36)43-31(2,3)4)42-24-27-9-7-26(8-10-27)6-5-14-37-16-18-39-20-22-41-23-21-40-19-17-38-15-13-32/h7-10,25,28H,5-6,11-24H2,1-4H3,(H2,33,35)(H,34,36)/t25-,28+/m1/s1. The van der Waals surface area contributed by atoms with Crippen LogP contribution in [0.25, 0.3) is 0 Å². The van der Waals surface area contributed by atoms with E-state index in [2.05, 4.69) is 33.4 Å². The molecule has 0 aromatic heterocycles. The molecule has 0 aliphatic rings. The molecule has 0 aliphatic heterocycles. The topological polar surface area (TPSA) is 137 Å². The van der Waals surface area contributed by atoms with E-state index in [1.807, 2.05) is 19.1 Å². The van der Waals surface area contributed by atoms with Crippen LogP contribution < -0.4 is 11.1 Å². The molecule has 0 radical (unpaired) electrons. The summed E-state index contributed by atoms with van der Waals surface area (Å²) in [6.07, 6.45) is 1.42. The summed E-state index contributed by atoms with van der Waals surface area (Å²) in [5.74, 6) is -0.431. The van der Waals surface area contributed by atoms with Crippen LogP contribution >= 0.6 is 15.9 Å². The van der Waals surface area contributed by atoms with Crippen LogP contribution in [-0.2, 0) is 51.0 Å². The summed E-state index contributed by atoms with van der Waals surface area (Å²) in [5, 5.41) is 3.64. The van der Waals surface area contributed by atoms with Gasteiger partial charge in [0.15, 0.2) is 0 Å². The van der Waals surface area contributed by atoms with Crippen LogP contribution in [0.3, 0.4) is 0 Å². The first-order valence-corrected chi connectivity index (χ1v) is 16.1. The number of alkyl carbamates (subject to hydrolysis) is 1. The van der Waals surface area contributed by atoms with E-state index >= 15 is 0 Å². The molecular formula is C31H53BrN2O9. The number of carbonyl (C=O) groups is 2. The van der Waals surface area contributed by atoms with Crippen molar-refractivity contribution in [3.8, 4) is 0 Å². The molecular weight excluding hydrogens is 624 g/mol. The van der Waals surface area contributed by atoms with Crippen LogP contribution in [0.2, 0.25) is 0 Å². The molecule has 1 rings (SSSR count). The zero-order chi connectivity index (χ0) is 31.8. The Morgan fingerprint density at radius 2 is 1.30 bits per heavy atom. The van der Waals surface area contributed by atoms with Gasteiger partial charge in [-0.1, -0.05) is 40.2 Å². The van der Waals surface area contributed by atoms with Gasteiger partial charge in [0.05, 0.1) is 78.2 Å². The van der Waals surface area contributed by atoms with Gasteiger partial charge in [-0.05, 0) is 58.1 Å². The molecule has 0 fully saturated rings. The Bertz CT molecular complexity index is 853. The van der Waals surface area contributed by atoms with Gasteiger partial charge in [-0.15, -0.1) is 0 Å². The van der Waals surface area contributed by atoms with E-state index in [0.29, 0.717) is 79.1 Å². The number of carbonyl (C=O) groups excluding carboxylic acids is 2. The Labute approximate surface area is 265 Å². The molecule has 0 spiro atoms. The van der Waals surface area contributed by atoms with E-state index in [4.69, 9.17) is 38.9 Å². The van der Waals surface area contributed by atoms with Crippen molar-refractivity contribution in [1.29, 1.82) is 0 Å². The lowest BCUT2D eigenvalue weighted by atomic mass is 10.1. The second kappa shape index (κ2) is 24.5. The predicted octanol–water partition coefficient (Wildman–Crippen LogP) is 4.16. The smallest absolute Gasteiger partial charge is 0.407 e. The molecule has 2 atom stereocenters. The Kier molecular flexibility index (Phi) is 22.4. The SMILES string of the molecule is C[C@@H](OCc1ccc(CCCOCCOCCOCCOCCOCCBr)cc1)[C@H](CCC(N)=O)NC(=O)OC(C)(C)C. The highest BCUT2D eigenvalue weighted by Crippen LogP contribution is 2.14. The van der Waals surface area contributed by atoms with E-state index in [1.165, 1.54) is 5.56 Å². The molecule has 0 heterocycles. The fourth-order valence-corrected chi connectivity index (χ4v) is 3.97. The van der Waals surface area contributed by atoms with E-state index in [0.717, 1.165) is 23.7 Å². The van der Waals surface area contributed by atoms with Crippen LogP contribution in [0.5, 0.6) is 0 Å². The second-order valence-electron chi connectivity index (χ2n) is 10.9. The number of amides is 2. The predicted molar refractivity (Wildman–Crippen MR) is 168 cm³/mol. The fraction of sp³-hybridized carbons (Fsp3) is 0.742. The quantitative estimate of drug-likeness (QED) is 0.109. The molecule has 3 N–H and O–H groups in total. The third-order valence-electron chi connectivity index (χ3n) is 5.97. The van der Waals surface area contributed by atoms with Gasteiger partial charge in [0.25, 0.3) is 0 Å². The Morgan fingerprint density at radius 3 is 1.79 bits per heavy atom. The van der Waals surface area contributed by atoms with Crippen molar-refractivity contribution in [1.82, 2.24) is 5.32 Å². The molecule has 0 saturated heterocycles. The van der Waals surface area contributed by atoms with Crippen LogP contribution in [0.15, 0.2) is 24.3 Å². The van der Waals surface area contributed by atoms with Gasteiger partial charge < -0.3 is 44.2 Å². The molecule has 1 aromatic carbocycles. The van der Waals surface area contributed by atoms with Crippen molar-refractivity contribution in [3.63, 3.8) is 0 Å². The molecule has 12 heteroatoms. The third kappa shape index (κ3) is 23.3. The maximum absolute atomic E-state index is 12.3. The summed E-state index contributed by atoms with van der Waals surface area (Å²) in [6.45, 7) is 13.4. The number of halogens is 1. The molecule has 0 saturated carbocycles. The zero-order valence-corrected chi connectivity index (χ0v) is 28.0. The molecule has 43 heavy (non-hydrogen) atoms. The summed E-state index contributed by atoms with van der Waals surface area (Å²) in [5.41, 5.74) is 6.92. The molecule has 1 aromatic rings. The highest BCUT2D eigenvalue weighted by molar-refractivity contribution is 9.09. The fourth-order valence-electron chi connectivity index (χ4n) is 3.74. The minimum atomic E-state index is -0.625. The van der Waals surface area contributed by atoms with Crippen LogP contribution in [0.4, 0.5) is 4.79 Å². The van der Waals surface area contributed by atoms with Crippen molar-refractivity contribution >= 4 is 27.9 Å². The van der Waals surface area contributed by atoms with Gasteiger partial charge in [-0.25, -0.2) is 4.79 Å². The lowest BCUT2D eigenvalue weighted by Gasteiger charge is -2.27. The highest BCUT2D eigenvalue weighted by atomic mass is 79.9. The number of alkyl halides is 1. The molecule has 2 amide bonds. The van der Waals surface area contributed by atoms with Crippen LogP contribution in [0, 0.1) is 0 Å². The Balaban J connectivity index is 2.15. The number of hydrogen-bond acceptors (Lipinski definition) is 9. The normalized spacial score (nSPS) is 13.0. The van der Waals surface area contributed by atoms with Crippen LogP contribution in [0.1, 0.15) is 58.1 Å². The van der Waals surface area contributed by atoms with E-state index in [-0.39, 0.29) is 12.5 Å². The summed E-state index contributed by atoms with van der Waals surface area (Å²) in [4.78, 5) is 23.6. The first-order valence-electron chi connectivity index (χ1n) is 15.0. The van der Waals surface area contributed by atoms with Gasteiger partial charge in [0.2, 0.25) is 5.91 Å². The Morgan fingerprint density at radius 1 is 0.814 bits per heavy atom.